The van der Waals surface area contributed by atoms with Crippen molar-refractivity contribution in [2.75, 3.05) is 18.8 Å². The molecule has 0 radical (unpaired) electrons. The van der Waals surface area contributed by atoms with Gasteiger partial charge >= 0.3 is 0 Å². The van der Waals surface area contributed by atoms with E-state index in [1.807, 2.05) is 54.1 Å². The first-order valence-corrected chi connectivity index (χ1v) is 11.7. The van der Waals surface area contributed by atoms with E-state index >= 15 is 0 Å². The number of thioether (sulfide) groups is 1. The zero-order chi connectivity index (χ0) is 21.6. The summed E-state index contributed by atoms with van der Waals surface area (Å²) < 4.78 is 1.85. The lowest BCUT2D eigenvalue weighted by molar-refractivity contribution is -0.119. The summed E-state index contributed by atoms with van der Waals surface area (Å²) in [6, 6.07) is 12.0. The van der Waals surface area contributed by atoms with Gasteiger partial charge in [-0.1, -0.05) is 35.5 Å². The highest BCUT2D eigenvalue weighted by molar-refractivity contribution is 7.99. The highest BCUT2D eigenvalue weighted by Crippen LogP contribution is 2.24. The first-order chi connectivity index (χ1) is 15.1. The molecule has 3 heterocycles. The van der Waals surface area contributed by atoms with Crippen LogP contribution in [-0.2, 0) is 11.3 Å². The number of piperidine rings is 1. The summed E-state index contributed by atoms with van der Waals surface area (Å²) in [6.07, 6.45) is 5.36. The van der Waals surface area contributed by atoms with E-state index in [4.69, 9.17) is 11.6 Å². The number of aryl methyl sites for hydroxylation is 1. The maximum atomic E-state index is 12.5. The molecule has 31 heavy (non-hydrogen) atoms. The van der Waals surface area contributed by atoms with Crippen LogP contribution in [0.1, 0.15) is 24.1 Å². The number of carbonyl (C=O) groups excluding carboxylic acids is 1. The third kappa shape index (κ3) is 5.84. The highest BCUT2D eigenvalue weighted by atomic mass is 35.5. The number of hydrogen-bond acceptors (Lipinski definition) is 6. The number of nitrogens with one attached hydrogen (secondary N) is 1. The molecule has 1 fully saturated rings. The zero-order valence-electron chi connectivity index (χ0n) is 17.4. The first-order valence-electron chi connectivity index (χ1n) is 10.3. The van der Waals surface area contributed by atoms with Gasteiger partial charge in [-0.15, -0.1) is 10.2 Å². The Labute approximate surface area is 191 Å². The van der Waals surface area contributed by atoms with Crippen molar-refractivity contribution in [1.29, 1.82) is 0 Å². The van der Waals surface area contributed by atoms with Gasteiger partial charge in [0.1, 0.15) is 6.33 Å². The molecule has 1 amide bonds. The molecule has 1 aromatic carbocycles. The van der Waals surface area contributed by atoms with Crippen LogP contribution in [0.4, 0.5) is 0 Å². The minimum Gasteiger partial charge on any atom is -0.353 e. The van der Waals surface area contributed by atoms with Crippen LogP contribution in [0.15, 0.2) is 54.1 Å². The monoisotopic (exact) mass is 456 g/mol. The number of hydrogen-bond donors (Lipinski definition) is 1. The minimum atomic E-state index is 0.0182. The average molecular weight is 457 g/mol. The van der Waals surface area contributed by atoms with Gasteiger partial charge in [0.25, 0.3) is 0 Å². The second-order valence-corrected chi connectivity index (χ2v) is 8.99. The van der Waals surface area contributed by atoms with Gasteiger partial charge in [0, 0.05) is 36.9 Å². The summed E-state index contributed by atoms with van der Waals surface area (Å²) in [6.45, 7) is 4.73. The Morgan fingerprint density at radius 1 is 1.26 bits per heavy atom. The van der Waals surface area contributed by atoms with E-state index in [9.17, 15) is 4.79 Å². The quantitative estimate of drug-likeness (QED) is 0.548. The third-order valence-corrected chi connectivity index (χ3v) is 6.70. The molecule has 9 heteroatoms. The van der Waals surface area contributed by atoms with Gasteiger partial charge in [0.15, 0.2) is 5.16 Å². The summed E-state index contributed by atoms with van der Waals surface area (Å²) in [4.78, 5) is 19.3. The maximum absolute atomic E-state index is 12.5. The summed E-state index contributed by atoms with van der Waals surface area (Å²) in [5, 5.41) is 12.7. The summed E-state index contributed by atoms with van der Waals surface area (Å²) >= 11 is 7.62. The van der Waals surface area contributed by atoms with Crippen LogP contribution >= 0.6 is 23.4 Å². The van der Waals surface area contributed by atoms with E-state index in [1.54, 1.807) is 6.33 Å². The van der Waals surface area contributed by atoms with E-state index < -0.39 is 0 Å². The largest absolute Gasteiger partial charge is 0.353 e. The van der Waals surface area contributed by atoms with Crippen LogP contribution in [0.25, 0.3) is 5.69 Å². The van der Waals surface area contributed by atoms with Gasteiger partial charge < -0.3 is 5.32 Å². The molecular weight excluding hydrogens is 432 g/mol. The molecular formula is C22H25ClN6OS. The van der Waals surface area contributed by atoms with Crippen molar-refractivity contribution >= 4 is 29.3 Å². The van der Waals surface area contributed by atoms with Crippen molar-refractivity contribution in [2.24, 2.45) is 0 Å². The molecule has 0 atom stereocenters. The van der Waals surface area contributed by atoms with Crippen molar-refractivity contribution in [2.45, 2.75) is 37.5 Å². The van der Waals surface area contributed by atoms with Crippen molar-refractivity contribution < 1.29 is 4.79 Å². The van der Waals surface area contributed by atoms with Gasteiger partial charge in [-0.05, 0) is 49.6 Å². The zero-order valence-corrected chi connectivity index (χ0v) is 18.9. The Balaban J connectivity index is 1.24. The molecule has 4 rings (SSSR count). The molecule has 1 aliphatic heterocycles. The van der Waals surface area contributed by atoms with Gasteiger partial charge in [-0.2, -0.15) is 0 Å². The highest BCUT2D eigenvalue weighted by Gasteiger charge is 2.21. The van der Waals surface area contributed by atoms with Crippen LogP contribution in [0.2, 0.25) is 5.02 Å². The lowest BCUT2D eigenvalue weighted by Gasteiger charge is -2.32. The normalized spacial score (nSPS) is 15.2. The van der Waals surface area contributed by atoms with Gasteiger partial charge in [-0.25, -0.2) is 0 Å². The van der Waals surface area contributed by atoms with Crippen molar-refractivity contribution in [3.63, 3.8) is 0 Å². The topological polar surface area (TPSA) is 75.9 Å². The number of carbonyl (C=O) groups is 1. The van der Waals surface area contributed by atoms with Crippen LogP contribution in [0, 0.1) is 6.92 Å². The molecule has 1 N–H and O–H groups in total. The molecule has 0 saturated carbocycles. The fourth-order valence-corrected chi connectivity index (χ4v) is 4.50. The molecule has 0 bridgehead atoms. The van der Waals surface area contributed by atoms with Crippen molar-refractivity contribution in [3.05, 3.63) is 65.2 Å². The molecule has 3 aromatic rings. The van der Waals surface area contributed by atoms with Crippen molar-refractivity contribution in [3.8, 4) is 5.69 Å². The number of amides is 1. The fraction of sp³-hybridized carbons (Fsp3) is 0.364. The molecule has 162 valence electrons. The Bertz CT molecular complexity index is 1020. The van der Waals surface area contributed by atoms with Crippen molar-refractivity contribution in [1.82, 2.24) is 30.0 Å². The predicted octanol–water partition coefficient (Wildman–Crippen LogP) is 3.50. The second-order valence-electron chi connectivity index (χ2n) is 7.64. The maximum Gasteiger partial charge on any atom is 0.230 e. The van der Waals surface area contributed by atoms with E-state index in [0.717, 1.165) is 49.4 Å². The van der Waals surface area contributed by atoms with E-state index in [1.165, 1.54) is 11.8 Å². The van der Waals surface area contributed by atoms with Gasteiger partial charge in [-0.3, -0.25) is 19.2 Å². The molecule has 1 aliphatic rings. The molecule has 1 saturated heterocycles. The molecule has 7 nitrogen and oxygen atoms in total. The number of pyridine rings is 1. The first kappa shape index (κ1) is 21.8. The van der Waals surface area contributed by atoms with Gasteiger partial charge in [0.05, 0.1) is 17.1 Å². The van der Waals surface area contributed by atoms with Gasteiger partial charge in [0.2, 0.25) is 5.91 Å². The lowest BCUT2D eigenvalue weighted by atomic mass is 10.0. The Hall–Kier alpha value is -2.42. The number of benzene rings is 1. The number of nitrogens with zero attached hydrogens (tertiary/aromatic N) is 5. The van der Waals surface area contributed by atoms with Crippen LogP contribution in [0.3, 0.4) is 0 Å². The Morgan fingerprint density at radius 2 is 2.10 bits per heavy atom. The number of halogens is 1. The minimum absolute atomic E-state index is 0.0182. The molecule has 2 aromatic heterocycles. The fourth-order valence-electron chi connectivity index (χ4n) is 3.59. The third-order valence-electron chi connectivity index (χ3n) is 5.35. The van der Waals surface area contributed by atoms with Crippen LogP contribution < -0.4 is 5.32 Å². The molecule has 0 spiro atoms. The summed E-state index contributed by atoms with van der Waals surface area (Å²) in [5.41, 5.74) is 2.97. The summed E-state index contributed by atoms with van der Waals surface area (Å²) in [7, 11) is 0. The number of likely N-dealkylation sites (tertiary alicyclic amines) is 1. The Kier molecular flexibility index (Phi) is 7.21. The second kappa shape index (κ2) is 10.3. The summed E-state index contributed by atoms with van der Waals surface area (Å²) in [5.74, 6) is 0.316. The smallest absolute Gasteiger partial charge is 0.230 e. The van der Waals surface area contributed by atoms with Crippen LogP contribution in [-0.4, -0.2) is 55.4 Å². The standard InChI is InChI=1S/C22H25ClN6OS/c1-16-5-6-19(12-20(16)23)29-15-25-27-22(29)31-14-21(30)26-17-7-10-28(11-8-17)13-18-4-2-3-9-24-18/h2-6,9,12,15,17H,7-8,10-11,13-14H2,1H3,(H,26,30). The SMILES string of the molecule is Cc1ccc(-n2cnnc2SCC(=O)NC2CCN(Cc3ccccn3)CC2)cc1Cl. The Morgan fingerprint density at radius 3 is 2.84 bits per heavy atom. The molecule has 0 unspecified atom stereocenters. The van der Waals surface area contributed by atoms with Crippen LogP contribution in [0.5, 0.6) is 0 Å². The average Bonchev–Trinajstić information content (AvgIpc) is 3.25. The van der Waals surface area contributed by atoms with E-state index in [-0.39, 0.29) is 11.9 Å². The van der Waals surface area contributed by atoms with E-state index in [2.05, 4.69) is 25.4 Å². The lowest BCUT2D eigenvalue weighted by Crippen LogP contribution is -2.44. The number of aromatic nitrogens is 4. The predicted molar refractivity (Wildman–Crippen MR) is 123 cm³/mol. The van der Waals surface area contributed by atoms with E-state index in [0.29, 0.717) is 15.9 Å². The number of rotatable bonds is 7. The molecule has 0 aliphatic carbocycles.